The fourth-order valence-electron chi connectivity index (χ4n) is 6.23. The number of aromatic nitrogens is 2. The van der Waals surface area contributed by atoms with Gasteiger partial charge >= 0.3 is 0 Å². The minimum atomic E-state index is -0.0156. The van der Waals surface area contributed by atoms with Crippen LogP contribution >= 0.6 is 0 Å². The highest BCUT2D eigenvalue weighted by Crippen LogP contribution is 2.44. The van der Waals surface area contributed by atoms with E-state index in [9.17, 15) is 0 Å². The number of benzene rings is 2. The Balaban J connectivity index is 1.58. The van der Waals surface area contributed by atoms with Crippen LogP contribution in [0.5, 0.6) is 0 Å². The predicted octanol–water partition coefficient (Wildman–Crippen LogP) is 10.7. The van der Waals surface area contributed by atoms with Gasteiger partial charge in [0.15, 0.2) is 0 Å². The lowest BCUT2D eigenvalue weighted by molar-refractivity contribution is 0.328. The molecule has 2 unspecified atom stereocenters. The van der Waals surface area contributed by atoms with Gasteiger partial charge in [-0.25, -0.2) is 4.98 Å². The second kappa shape index (κ2) is 17.3. The molecule has 2 nitrogen and oxygen atoms in total. The first-order valence-corrected chi connectivity index (χ1v) is 15.8. The molecule has 0 saturated heterocycles. The third-order valence-electron chi connectivity index (χ3n) is 8.51. The molecule has 0 bridgehead atoms. The highest BCUT2D eigenvalue weighted by atomic mass is 15.1. The topological polar surface area (TPSA) is 17.8 Å². The van der Waals surface area contributed by atoms with E-state index in [1.165, 1.54) is 94.0 Å². The second-order valence-corrected chi connectivity index (χ2v) is 11.7. The zero-order chi connectivity index (χ0) is 26.9. The van der Waals surface area contributed by atoms with Gasteiger partial charge in [-0.2, -0.15) is 0 Å². The van der Waals surface area contributed by atoms with E-state index in [1.54, 1.807) is 0 Å². The number of aryl methyl sites for hydroxylation is 1. The van der Waals surface area contributed by atoms with Gasteiger partial charge < -0.3 is 4.57 Å². The van der Waals surface area contributed by atoms with Crippen LogP contribution in [0.15, 0.2) is 73.1 Å². The predicted molar refractivity (Wildman–Crippen MR) is 165 cm³/mol. The van der Waals surface area contributed by atoms with Crippen molar-refractivity contribution < 1.29 is 0 Å². The summed E-state index contributed by atoms with van der Waals surface area (Å²) in [7, 11) is 0. The first-order valence-electron chi connectivity index (χ1n) is 15.8. The normalized spacial score (nSPS) is 13.9. The van der Waals surface area contributed by atoms with E-state index in [0.29, 0.717) is 5.92 Å². The Kier molecular flexibility index (Phi) is 13.7. The van der Waals surface area contributed by atoms with E-state index < -0.39 is 0 Å². The maximum atomic E-state index is 5.01. The zero-order valence-corrected chi connectivity index (χ0v) is 24.7. The molecule has 0 saturated carbocycles. The SMILES string of the molecule is CCCCCCCCCCCCCCn1ccnc1C(CCC)C(C)(Cc1ccccc1)c1ccccc1. The molecule has 0 fully saturated rings. The quantitative estimate of drug-likeness (QED) is 0.137. The Morgan fingerprint density at radius 3 is 1.82 bits per heavy atom. The minimum Gasteiger partial charge on any atom is -0.335 e. The van der Waals surface area contributed by atoms with Gasteiger partial charge in [-0.1, -0.05) is 158 Å². The van der Waals surface area contributed by atoms with Crippen molar-refractivity contribution in [2.45, 2.75) is 135 Å². The minimum absolute atomic E-state index is 0.0156. The summed E-state index contributed by atoms with van der Waals surface area (Å²) in [4.78, 5) is 5.01. The molecule has 3 aromatic rings. The van der Waals surface area contributed by atoms with Gasteiger partial charge in [0.1, 0.15) is 5.82 Å². The van der Waals surface area contributed by atoms with E-state index in [4.69, 9.17) is 4.98 Å². The largest absolute Gasteiger partial charge is 0.335 e. The number of hydrogen-bond donors (Lipinski definition) is 0. The van der Waals surface area contributed by atoms with Crippen LogP contribution in [0.2, 0.25) is 0 Å². The standard InChI is InChI=1S/C36H54N2/c1-4-6-7-8-9-10-11-12-13-14-15-22-29-38-30-28-37-35(38)34(23-5-2)36(3,33-26-20-17-21-27-33)31-32-24-18-16-19-25-32/h16-21,24-28,30,34H,4-15,22-23,29,31H2,1-3H3. The molecule has 0 aliphatic heterocycles. The van der Waals surface area contributed by atoms with Crippen molar-refractivity contribution in [1.29, 1.82) is 0 Å². The van der Waals surface area contributed by atoms with Gasteiger partial charge in [-0.3, -0.25) is 0 Å². The molecular formula is C36H54N2. The first-order chi connectivity index (χ1) is 18.7. The third kappa shape index (κ3) is 9.44. The molecule has 1 aromatic heterocycles. The molecule has 0 spiro atoms. The number of imidazole rings is 1. The van der Waals surface area contributed by atoms with Crippen LogP contribution in [-0.2, 0) is 18.4 Å². The van der Waals surface area contributed by atoms with Gasteiger partial charge in [-0.15, -0.1) is 0 Å². The van der Waals surface area contributed by atoms with Crippen molar-refractivity contribution in [2.24, 2.45) is 0 Å². The second-order valence-electron chi connectivity index (χ2n) is 11.7. The first kappa shape index (κ1) is 30.2. The molecule has 0 radical (unpaired) electrons. The van der Waals surface area contributed by atoms with Crippen molar-refractivity contribution in [3.8, 4) is 0 Å². The molecule has 0 aliphatic carbocycles. The van der Waals surface area contributed by atoms with Crippen molar-refractivity contribution in [2.75, 3.05) is 0 Å². The van der Waals surface area contributed by atoms with Gasteiger partial charge in [0.2, 0.25) is 0 Å². The molecule has 0 aliphatic rings. The summed E-state index contributed by atoms with van der Waals surface area (Å²) in [5, 5.41) is 0. The average molecular weight is 515 g/mol. The van der Waals surface area contributed by atoms with Gasteiger partial charge in [-0.05, 0) is 30.4 Å². The van der Waals surface area contributed by atoms with Gasteiger partial charge in [0.05, 0.1) is 0 Å². The summed E-state index contributed by atoms with van der Waals surface area (Å²) >= 11 is 0. The monoisotopic (exact) mass is 514 g/mol. The molecule has 0 amide bonds. The lowest BCUT2D eigenvalue weighted by atomic mass is 9.66. The van der Waals surface area contributed by atoms with Crippen molar-refractivity contribution >= 4 is 0 Å². The van der Waals surface area contributed by atoms with E-state index >= 15 is 0 Å². The molecular weight excluding hydrogens is 460 g/mol. The van der Waals surface area contributed by atoms with Crippen LogP contribution in [0, 0.1) is 0 Å². The number of hydrogen-bond acceptors (Lipinski definition) is 1. The third-order valence-corrected chi connectivity index (χ3v) is 8.51. The summed E-state index contributed by atoms with van der Waals surface area (Å²) in [5.74, 6) is 1.65. The Morgan fingerprint density at radius 2 is 1.24 bits per heavy atom. The van der Waals surface area contributed by atoms with E-state index in [0.717, 1.165) is 25.8 Å². The maximum Gasteiger partial charge on any atom is 0.112 e. The molecule has 2 aromatic carbocycles. The molecule has 3 rings (SSSR count). The van der Waals surface area contributed by atoms with Crippen LogP contribution in [0.25, 0.3) is 0 Å². The summed E-state index contributed by atoms with van der Waals surface area (Å²) in [5.41, 5.74) is 2.80. The van der Waals surface area contributed by atoms with Gasteiger partial charge in [0.25, 0.3) is 0 Å². The summed E-state index contributed by atoms with van der Waals surface area (Å²) < 4.78 is 2.48. The Morgan fingerprint density at radius 1 is 0.684 bits per heavy atom. The smallest absolute Gasteiger partial charge is 0.112 e. The molecule has 208 valence electrons. The van der Waals surface area contributed by atoms with E-state index in [-0.39, 0.29) is 5.41 Å². The Hall–Kier alpha value is -2.35. The van der Waals surface area contributed by atoms with Crippen molar-refractivity contribution in [3.63, 3.8) is 0 Å². The summed E-state index contributed by atoms with van der Waals surface area (Å²) in [6, 6.07) is 22.2. The van der Waals surface area contributed by atoms with E-state index in [2.05, 4.69) is 92.2 Å². The van der Waals surface area contributed by atoms with Crippen molar-refractivity contribution in [1.82, 2.24) is 9.55 Å². The summed E-state index contributed by atoms with van der Waals surface area (Å²) in [6.45, 7) is 8.17. The van der Waals surface area contributed by atoms with Crippen LogP contribution in [-0.4, -0.2) is 9.55 Å². The van der Waals surface area contributed by atoms with Crippen molar-refractivity contribution in [3.05, 3.63) is 90.0 Å². The zero-order valence-electron chi connectivity index (χ0n) is 24.7. The lowest BCUT2D eigenvalue weighted by Gasteiger charge is -2.39. The number of nitrogens with zero attached hydrogens (tertiary/aromatic N) is 2. The van der Waals surface area contributed by atoms with Crippen LogP contribution in [0.4, 0.5) is 0 Å². The summed E-state index contributed by atoms with van der Waals surface area (Å²) in [6.07, 6.45) is 24.3. The highest BCUT2D eigenvalue weighted by molar-refractivity contribution is 5.33. The van der Waals surface area contributed by atoms with Gasteiger partial charge in [0, 0.05) is 30.3 Å². The Labute approximate surface area is 234 Å². The van der Waals surface area contributed by atoms with Crippen LogP contribution < -0.4 is 0 Å². The molecule has 2 atom stereocenters. The van der Waals surface area contributed by atoms with Crippen LogP contribution in [0.3, 0.4) is 0 Å². The van der Waals surface area contributed by atoms with E-state index in [1.807, 2.05) is 6.20 Å². The lowest BCUT2D eigenvalue weighted by Crippen LogP contribution is -2.35. The average Bonchev–Trinajstić information content (AvgIpc) is 3.41. The fraction of sp³-hybridized carbons (Fsp3) is 0.583. The number of rotatable bonds is 20. The Bertz CT molecular complexity index is 977. The molecule has 0 N–H and O–H groups in total. The molecule has 1 heterocycles. The van der Waals surface area contributed by atoms with Crippen LogP contribution in [0.1, 0.15) is 134 Å². The molecule has 2 heteroatoms. The maximum absolute atomic E-state index is 5.01. The highest BCUT2D eigenvalue weighted by Gasteiger charge is 2.38. The fourth-order valence-corrected chi connectivity index (χ4v) is 6.23. The molecule has 38 heavy (non-hydrogen) atoms. The number of unbranched alkanes of at least 4 members (excludes halogenated alkanes) is 11.